The summed E-state index contributed by atoms with van der Waals surface area (Å²) in [5.74, 6) is 1.32. The van der Waals surface area contributed by atoms with Crippen LogP contribution in [0.1, 0.15) is 12.0 Å². The van der Waals surface area contributed by atoms with Crippen LogP contribution >= 0.6 is 0 Å². The number of ether oxygens (including phenoxy) is 2. The van der Waals surface area contributed by atoms with Crippen molar-refractivity contribution in [1.29, 1.82) is 0 Å². The molecule has 0 aliphatic rings. The molecule has 1 aromatic rings. The first-order valence-corrected chi connectivity index (χ1v) is 5.21. The highest BCUT2D eigenvalue weighted by atomic mass is 16.5. The Morgan fingerprint density at radius 3 is 2.44 bits per heavy atom. The molecule has 0 bridgehead atoms. The monoisotopic (exact) mass is 226 g/mol. The number of hydrogen-bond donors (Lipinski definition) is 2. The van der Waals surface area contributed by atoms with Gasteiger partial charge in [-0.05, 0) is 30.5 Å². The van der Waals surface area contributed by atoms with Gasteiger partial charge < -0.3 is 19.7 Å². The lowest BCUT2D eigenvalue weighted by molar-refractivity contribution is 0.133. The third-order valence-corrected chi connectivity index (χ3v) is 2.38. The van der Waals surface area contributed by atoms with Gasteiger partial charge in [-0.1, -0.05) is 6.07 Å². The Morgan fingerprint density at radius 1 is 1.19 bits per heavy atom. The van der Waals surface area contributed by atoms with Crippen molar-refractivity contribution in [3.05, 3.63) is 23.8 Å². The SMILES string of the molecule is COc1ccc(CC(O)CCO)cc1OC. The van der Waals surface area contributed by atoms with Crippen LogP contribution in [0.25, 0.3) is 0 Å². The zero-order valence-corrected chi connectivity index (χ0v) is 9.64. The second-order valence-electron chi connectivity index (χ2n) is 3.56. The molecule has 1 aromatic carbocycles. The van der Waals surface area contributed by atoms with Crippen molar-refractivity contribution in [3.8, 4) is 11.5 Å². The highest BCUT2D eigenvalue weighted by Gasteiger charge is 2.08. The van der Waals surface area contributed by atoms with Gasteiger partial charge in [0.2, 0.25) is 0 Å². The van der Waals surface area contributed by atoms with Gasteiger partial charge in [-0.15, -0.1) is 0 Å². The number of hydrogen-bond acceptors (Lipinski definition) is 4. The third kappa shape index (κ3) is 3.40. The fourth-order valence-corrected chi connectivity index (χ4v) is 1.53. The molecule has 0 fully saturated rings. The molecule has 0 aliphatic heterocycles. The summed E-state index contributed by atoms with van der Waals surface area (Å²) in [7, 11) is 3.16. The smallest absolute Gasteiger partial charge is 0.160 e. The van der Waals surface area contributed by atoms with Crippen LogP contribution in [0.4, 0.5) is 0 Å². The van der Waals surface area contributed by atoms with Gasteiger partial charge in [0.15, 0.2) is 11.5 Å². The quantitative estimate of drug-likeness (QED) is 0.759. The predicted octanol–water partition coefficient (Wildman–Crippen LogP) is 0.990. The first-order chi connectivity index (χ1) is 7.71. The molecular weight excluding hydrogens is 208 g/mol. The standard InChI is InChI=1S/C12H18O4/c1-15-11-4-3-9(8-12(11)16-2)7-10(14)5-6-13/h3-4,8,10,13-14H,5-7H2,1-2H3. The summed E-state index contributed by atoms with van der Waals surface area (Å²) in [5.41, 5.74) is 0.957. The molecule has 0 heterocycles. The Labute approximate surface area is 95.4 Å². The van der Waals surface area contributed by atoms with E-state index in [0.717, 1.165) is 5.56 Å². The van der Waals surface area contributed by atoms with Gasteiger partial charge in [-0.3, -0.25) is 0 Å². The zero-order valence-electron chi connectivity index (χ0n) is 9.64. The fraction of sp³-hybridized carbons (Fsp3) is 0.500. The molecule has 4 heteroatoms. The Hall–Kier alpha value is -1.26. The van der Waals surface area contributed by atoms with E-state index in [1.165, 1.54) is 0 Å². The van der Waals surface area contributed by atoms with Crippen LogP contribution in [-0.2, 0) is 6.42 Å². The van der Waals surface area contributed by atoms with Gasteiger partial charge in [0.25, 0.3) is 0 Å². The molecule has 0 radical (unpaired) electrons. The summed E-state index contributed by atoms with van der Waals surface area (Å²) in [6, 6.07) is 5.52. The van der Waals surface area contributed by atoms with Crippen molar-refractivity contribution in [3.63, 3.8) is 0 Å². The molecule has 2 N–H and O–H groups in total. The molecule has 0 saturated carbocycles. The Bertz CT molecular complexity index is 325. The van der Waals surface area contributed by atoms with E-state index in [2.05, 4.69) is 0 Å². The minimum Gasteiger partial charge on any atom is -0.493 e. The normalized spacial score (nSPS) is 12.2. The number of methoxy groups -OCH3 is 2. The van der Waals surface area contributed by atoms with Gasteiger partial charge in [-0.2, -0.15) is 0 Å². The maximum atomic E-state index is 9.56. The molecule has 1 rings (SSSR count). The van der Waals surface area contributed by atoms with E-state index in [9.17, 15) is 5.11 Å². The summed E-state index contributed by atoms with van der Waals surface area (Å²) in [6.07, 6.45) is 0.359. The maximum Gasteiger partial charge on any atom is 0.160 e. The van der Waals surface area contributed by atoms with Crippen molar-refractivity contribution in [2.75, 3.05) is 20.8 Å². The molecule has 16 heavy (non-hydrogen) atoms. The molecule has 0 amide bonds. The summed E-state index contributed by atoms with van der Waals surface area (Å²) < 4.78 is 10.3. The molecule has 0 spiro atoms. The van der Waals surface area contributed by atoms with E-state index in [0.29, 0.717) is 24.3 Å². The van der Waals surface area contributed by atoms with Gasteiger partial charge in [-0.25, -0.2) is 0 Å². The minimum absolute atomic E-state index is 0.00550. The Balaban J connectivity index is 2.74. The van der Waals surface area contributed by atoms with Crippen LogP contribution < -0.4 is 9.47 Å². The Morgan fingerprint density at radius 2 is 1.88 bits per heavy atom. The van der Waals surface area contributed by atoms with Crippen LogP contribution in [-0.4, -0.2) is 37.1 Å². The lowest BCUT2D eigenvalue weighted by Gasteiger charge is -2.12. The molecule has 90 valence electrons. The third-order valence-electron chi connectivity index (χ3n) is 2.38. The van der Waals surface area contributed by atoms with Crippen LogP contribution in [0.2, 0.25) is 0 Å². The fourth-order valence-electron chi connectivity index (χ4n) is 1.53. The van der Waals surface area contributed by atoms with E-state index in [1.807, 2.05) is 12.1 Å². The largest absolute Gasteiger partial charge is 0.493 e. The van der Waals surface area contributed by atoms with E-state index < -0.39 is 6.10 Å². The summed E-state index contributed by atoms with van der Waals surface area (Å²) in [4.78, 5) is 0. The van der Waals surface area contributed by atoms with Crippen molar-refractivity contribution >= 4 is 0 Å². The highest BCUT2D eigenvalue weighted by molar-refractivity contribution is 5.43. The van der Waals surface area contributed by atoms with E-state index in [1.54, 1.807) is 20.3 Å². The molecule has 0 saturated heterocycles. The lowest BCUT2D eigenvalue weighted by Crippen LogP contribution is -2.12. The van der Waals surface area contributed by atoms with Gasteiger partial charge in [0.1, 0.15) is 0 Å². The molecule has 1 unspecified atom stereocenters. The van der Waals surface area contributed by atoms with E-state index in [-0.39, 0.29) is 6.61 Å². The van der Waals surface area contributed by atoms with Gasteiger partial charge in [0.05, 0.1) is 20.3 Å². The second kappa shape index (κ2) is 6.35. The van der Waals surface area contributed by atoms with Crippen molar-refractivity contribution in [2.24, 2.45) is 0 Å². The topological polar surface area (TPSA) is 58.9 Å². The number of benzene rings is 1. The average Bonchev–Trinajstić information content (AvgIpc) is 2.29. The zero-order chi connectivity index (χ0) is 12.0. The second-order valence-corrected chi connectivity index (χ2v) is 3.56. The van der Waals surface area contributed by atoms with Crippen LogP contribution in [0.3, 0.4) is 0 Å². The molecule has 4 nitrogen and oxygen atoms in total. The molecule has 1 atom stereocenters. The lowest BCUT2D eigenvalue weighted by atomic mass is 10.1. The average molecular weight is 226 g/mol. The number of aliphatic hydroxyl groups is 2. The maximum absolute atomic E-state index is 9.56. The number of aliphatic hydroxyl groups excluding tert-OH is 2. The summed E-state index contributed by atoms with van der Waals surface area (Å²) in [5, 5.41) is 18.3. The predicted molar refractivity (Wildman–Crippen MR) is 61.0 cm³/mol. The van der Waals surface area contributed by atoms with Crippen molar-refractivity contribution in [2.45, 2.75) is 18.9 Å². The van der Waals surface area contributed by atoms with E-state index in [4.69, 9.17) is 14.6 Å². The minimum atomic E-state index is -0.525. The molecule has 0 aliphatic carbocycles. The summed E-state index contributed by atoms with van der Waals surface area (Å²) >= 11 is 0. The van der Waals surface area contributed by atoms with Gasteiger partial charge in [0, 0.05) is 6.61 Å². The first kappa shape index (κ1) is 12.8. The summed E-state index contributed by atoms with van der Waals surface area (Å²) in [6.45, 7) is -0.00550. The molecular formula is C12H18O4. The van der Waals surface area contributed by atoms with Crippen LogP contribution in [0.5, 0.6) is 11.5 Å². The van der Waals surface area contributed by atoms with Crippen molar-refractivity contribution in [1.82, 2.24) is 0 Å². The highest BCUT2D eigenvalue weighted by Crippen LogP contribution is 2.28. The van der Waals surface area contributed by atoms with Crippen LogP contribution in [0, 0.1) is 0 Å². The number of rotatable bonds is 6. The van der Waals surface area contributed by atoms with Crippen LogP contribution in [0.15, 0.2) is 18.2 Å². The van der Waals surface area contributed by atoms with Crippen molar-refractivity contribution < 1.29 is 19.7 Å². The van der Waals surface area contributed by atoms with Gasteiger partial charge >= 0.3 is 0 Å². The van der Waals surface area contributed by atoms with E-state index >= 15 is 0 Å². The molecule has 0 aromatic heterocycles. The first-order valence-electron chi connectivity index (χ1n) is 5.21. The Kier molecular flexibility index (Phi) is 5.08.